The van der Waals surface area contributed by atoms with Crippen molar-refractivity contribution in [2.75, 3.05) is 20.7 Å². The van der Waals surface area contributed by atoms with Gasteiger partial charge >= 0.3 is 19.3 Å². The standard InChI is InChI=1S/C8H14NO5P/c1-8(9(2)3,15(12)13)7(11)14-6-4-5-10/h4-5,10H,6H2,1-3H3. The second-order valence-electron chi connectivity index (χ2n) is 3.16. The highest BCUT2D eigenvalue weighted by molar-refractivity contribution is 7.39. The third kappa shape index (κ3) is 3.27. The average Bonchev–Trinajstić information content (AvgIpc) is 2.15. The second kappa shape index (κ2) is 5.80. The predicted molar refractivity (Wildman–Crippen MR) is 52.4 cm³/mol. The van der Waals surface area contributed by atoms with Crippen LogP contribution in [0.2, 0.25) is 0 Å². The fourth-order valence-electron chi connectivity index (χ4n) is 0.724. The van der Waals surface area contributed by atoms with Crippen molar-refractivity contribution < 1.29 is 24.1 Å². The van der Waals surface area contributed by atoms with E-state index >= 15 is 0 Å². The van der Waals surface area contributed by atoms with Crippen LogP contribution in [0.3, 0.4) is 0 Å². The summed E-state index contributed by atoms with van der Waals surface area (Å²) in [6, 6.07) is 0. The number of ether oxygens (including phenoxy) is 1. The third-order valence-electron chi connectivity index (χ3n) is 2.03. The molecule has 6 nitrogen and oxygen atoms in total. The van der Waals surface area contributed by atoms with Gasteiger partial charge in [-0.05, 0) is 20.2 Å². The summed E-state index contributed by atoms with van der Waals surface area (Å²) in [4.78, 5) is 23.7. The largest absolute Gasteiger partial charge is 0.594 e. The van der Waals surface area contributed by atoms with Gasteiger partial charge in [-0.1, -0.05) is 4.57 Å². The van der Waals surface area contributed by atoms with Crippen LogP contribution in [0.15, 0.2) is 12.3 Å². The van der Waals surface area contributed by atoms with E-state index in [2.05, 4.69) is 4.74 Å². The number of hydrogen-bond acceptors (Lipinski definition) is 6. The summed E-state index contributed by atoms with van der Waals surface area (Å²) in [5.74, 6) is -0.873. The van der Waals surface area contributed by atoms with Crippen LogP contribution in [0.4, 0.5) is 0 Å². The normalized spacial score (nSPS) is 16.5. The van der Waals surface area contributed by atoms with Gasteiger partial charge in [-0.3, -0.25) is 4.90 Å². The first-order valence-corrected chi connectivity index (χ1v) is 5.33. The van der Waals surface area contributed by atoms with Crippen LogP contribution in [-0.4, -0.2) is 42.0 Å². The Morgan fingerprint density at radius 1 is 1.67 bits per heavy atom. The fraction of sp³-hybridized carbons (Fsp3) is 0.625. The third-order valence-corrected chi connectivity index (χ3v) is 3.32. The highest BCUT2D eigenvalue weighted by atomic mass is 31.1. The molecule has 0 heterocycles. The van der Waals surface area contributed by atoms with Crippen molar-refractivity contribution >= 4 is 14.0 Å². The Morgan fingerprint density at radius 2 is 2.20 bits per heavy atom. The van der Waals surface area contributed by atoms with E-state index in [4.69, 9.17) is 5.11 Å². The smallest absolute Gasteiger partial charge is 0.377 e. The van der Waals surface area contributed by atoms with Crippen LogP contribution in [0.25, 0.3) is 0 Å². The number of hydrogen-bond donors (Lipinski definition) is 1. The number of esters is 1. The summed E-state index contributed by atoms with van der Waals surface area (Å²) in [7, 11) is -0.0477. The summed E-state index contributed by atoms with van der Waals surface area (Å²) in [6.45, 7) is 1.09. The van der Waals surface area contributed by atoms with Gasteiger partial charge in [0, 0.05) is 6.92 Å². The average molecular weight is 235 g/mol. The van der Waals surface area contributed by atoms with Crippen molar-refractivity contribution in [1.82, 2.24) is 4.90 Å². The molecule has 0 aliphatic rings. The van der Waals surface area contributed by atoms with E-state index in [1.54, 1.807) is 0 Å². The molecule has 86 valence electrons. The van der Waals surface area contributed by atoms with Crippen LogP contribution in [0.5, 0.6) is 0 Å². The second-order valence-corrected chi connectivity index (χ2v) is 4.54. The zero-order chi connectivity index (χ0) is 12.1. The van der Waals surface area contributed by atoms with Gasteiger partial charge in [0.15, 0.2) is 0 Å². The van der Waals surface area contributed by atoms with Crippen molar-refractivity contribution in [2.45, 2.75) is 12.2 Å². The van der Waals surface area contributed by atoms with E-state index < -0.39 is 19.3 Å². The molecule has 0 rings (SSSR count). The Bertz CT molecular complexity index is 278. The molecule has 0 amide bonds. The molecule has 7 heteroatoms. The van der Waals surface area contributed by atoms with Crippen molar-refractivity contribution in [3.63, 3.8) is 0 Å². The molecule has 0 aromatic rings. The Morgan fingerprint density at radius 3 is 2.53 bits per heavy atom. The molecule has 0 radical (unpaired) electrons. The Balaban J connectivity index is 4.65. The molecule has 0 aliphatic carbocycles. The van der Waals surface area contributed by atoms with Gasteiger partial charge < -0.3 is 14.7 Å². The van der Waals surface area contributed by atoms with Crippen molar-refractivity contribution in [1.29, 1.82) is 0 Å². The van der Waals surface area contributed by atoms with Gasteiger partial charge in [0.25, 0.3) is 0 Å². The minimum absolute atomic E-state index is 0.165. The Kier molecular flexibility index (Phi) is 5.43. The highest BCUT2D eigenvalue weighted by Crippen LogP contribution is 2.34. The minimum Gasteiger partial charge on any atom is -0.594 e. The summed E-state index contributed by atoms with van der Waals surface area (Å²) in [5, 5.41) is 6.62. The molecule has 1 N–H and O–H groups in total. The maximum atomic E-state index is 11.5. The van der Waals surface area contributed by atoms with Gasteiger partial charge in [-0.25, -0.2) is 4.79 Å². The molecule has 0 saturated carbocycles. The number of rotatable bonds is 5. The molecule has 2 unspecified atom stereocenters. The summed E-state index contributed by atoms with van der Waals surface area (Å²) < 4.78 is 15.6. The van der Waals surface area contributed by atoms with Gasteiger partial charge in [0.05, 0.1) is 6.26 Å². The maximum Gasteiger partial charge on any atom is 0.377 e. The Hall–Kier alpha value is -0.970. The van der Waals surface area contributed by atoms with Crippen LogP contribution in [0.1, 0.15) is 6.92 Å². The molecule has 0 aliphatic heterocycles. The lowest BCUT2D eigenvalue weighted by Crippen LogP contribution is -2.48. The SMILES string of the molecule is CN(C)C(C)(C(=O)OCC=CO)[P+](=O)[O-]. The first kappa shape index (κ1) is 14.0. The van der Waals surface area contributed by atoms with Crippen LogP contribution in [-0.2, 0) is 14.1 Å². The van der Waals surface area contributed by atoms with E-state index in [1.165, 1.54) is 32.0 Å². The van der Waals surface area contributed by atoms with Crippen LogP contribution in [0, 0.1) is 0 Å². The van der Waals surface area contributed by atoms with Crippen molar-refractivity contribution in [3.8, 4) is 0 Å². The van der Waals surface area contributed by atoms with Gasteiger partial charge in [-0.15, -0.1) is 0 Å². The van der Waals surface area contributed by atoms with Gasteiger partial charge in [0.2, 0.25) is 0 Å². The molecular weight excluding hydrogens is 221 g/mol. The molecule has 0 aromatic heterocycles. The summed E-state index contributed by atoms with van der Waals surface area (Å²) in [5.41, 5.74) is 0. The summed E-state index contributed by atoms with van der Waals surface area (Å²) >= 11 is 0. The van der Waals surface area contributed by atoms with Crippen LogP contribution >= 0.6 is 8.03 Å². The Labute approximate surface area is 89.0 Å². The topological polar surface area (TPSA) is 89.9 Å². The lowest BCUT2D eigenvalue weighted by Gasteiger charge is -2.25. The lowest BCUT2D eigenvalue weighted by atomic mass is 10.3. The van der Waals surface area contributed by atoms with E-state index in [-0.39, 0.29) is 6.61 Å². The first-order valence-electron chi connectivity index (χ1n) is 4.15. The number of carbonyl (C=O) groups is 1. The van der Waals surface area contributed by atoms with E-state index in [9.17, 15) is 14.3 Å². The van der Waals surface area contributed by atoms with Crippen molar-refractivity contribution in [3.05, 3.63) is 12.3 Å². The monoisotopic (exact) mass is 235 g/mol. The molecule has 0 spiro atoms. The van der Waals surface area contributed by atoms with E-state index in [1.807, 2.05) is 0 Å². The van der Waals surface area contributed by atoms with E-state index in [0.717, 1.165) is 6.26 Å². The van der Waals surface area contributed by atoms with Crippen LogP contribution < -0.4 is 4.89 Å². The number of carbonyl (C=O) groups excluding carboxylic acids is 1. The molecule has 0 aromatic carbocycles. The molecule has 0 fully saturated rings. The number of nitrogens with zero attached hydrogens (tertiary/aromatic N) is 1. The van der Waals surface area contributed by atoms with E-state index in [0.29, 0.717) is 0 Å². The molecule has 0 bridgehead atoms. The first-order chi connectivity index (χ1) is 6.87. The zero-order valence-corrected chi connectivity index (χ0v) is 9.73. The number of aliphatic hydroxyl groups excluding tert-OH is 1. The molecular formula is C8H14NO5P. The molecule has 15 heavy (non-hydrogen) atoms. The quantitative estimate of drug-likeness (QED) is 0.409. The number of aliphatic hydroxyl groups is 1. The van der Waals surface area contributed by atoms with Gasteiger partial charge in [-0.2, -0.15) is 0 Å². The number of likely N-dealkylation sites (N-methyl/N-ethyl adjacent to an activating group) is 1. The molecule has 2 atom stereocenters. The zero-order valence-electron chi connectivity index (χ0n) is 8.84. The van der Waals surface area contributed by atoms with Crippen molar-refractivity contribution in [2.24, 2.45) is 0 Å². The maximum absolute atomic E-state index is 11.5. The highest BCUT2D eigenvalue weighted by Gasteiger charge is 2.50. The fourth-order valence-corrected chi connectivity index (χ4v) is 1.26. The summed E-state index contributed by atoms with van der Waals surface area (Å²) in [6.07, 6.45) is 1.91. The minimum atomic E-state index is -2.98. The molecule has 0 saturated heterocycles. The predicted octanol–water partition coefficient (Wildman–Crippen LogP) is -0.0182. The lowest BCUT2D eigenvalue weighted by molar-refractivity contribution is -0.179. The van der Waals surface area contributed by atoms with Gasteiger partial charge in [0.1, 0.15) is 6.61 Å².